The van der Waals surface area contributed by atoms with E-state index in [0.717, 1.165) is 64.2 Å². The molecule has 0 bridgehead atoms. The maximum atomic E-state index is 7.64. The molecule has 362 valence electrons. The van der Waals surface area contributed by atoms with Crippen LogP contribution in [0.1, 0.15) is 203 Å². The lowest BCUT2D eigenvalue weighted by Gasteiger charge is -2.53. The largest absolute Gasteiger partial charge is 0.486 e. The number of benzene rings is 1. The van der Waals surface area contributed by atoms with Crippen LogP contribution in [0.15, 0.2) is 6.07 Å². The molecule has 0 radical (unpaired) electrons. The van der Waals surface area contributed by atoms with Gasteiger partial charge in [-0.05, 0) is 153 Å². The third kappa shape index (κ3) is 12.0. The van der Waals surface area contributed by atoms with E-state index in [1.54, 1.807) is 0 Å². The molecule has 1 aromatic rings. The summed E-state index contributed by atoms with van der Waals surface area (Å²) in [6.45, 7) is 46.2. The number of likely N-dealkylation sites (tertiary alicyclic amines) is 2. The summed E-state index contributed by atoms with van der Waals surface area (Å²) >= 11 is 0. The molecule has 3 N–H and O–H groups in total. The Morgan fingerprint density at radius 1 is 0.333 bits per heavy atom. The van der Waals surface area contributed by atoms with E-state index in [1.165, 1.54) is 0 Å². The molecule has 0 aromatic heterocycles. The van der Waals surface area contributed by atoms with Crippen molar-refractivity contribution in [2.75, 3.05) is 14.1 Å². The second-order valence-electron chi connectivity index (χ2n) is 27.6. The fourth-order valence-corrected chi connectivity index (χ4v) is 13.6. The average molecular weight is 882 g/mol. The number of hydrogen-bond acceptors (Lipinski definition) is 10. The fraction of sp³-hybridized carbons (Fsp3) is 0.887. The molecule has 0 amide bonds. The van der Waals surface area contributed by atoms with Gasteiger partial charge in [-0.15, -0.1) is 0 Å². The van der Waals surface area contributed by atoms with Gasteiger partial charge in [0.2, 0.25) is 17.2 Å². The molecule has 5 saturated heterocycles. The van der Waals surface area contributed by atoms with Crippen LogP contribution in [0.5, 0.6) is 28.7 Å². The van der Waals surface area contributed by atoms with Crippen molar-refractivity contribution in [1.29, 1.82) is 0 Å². The lowest BCUT2D eigenvalue weighted by Crippen LogP contribution is -2.61. The molecule has 5 heterocycles. The number of rotatable bonds is 10. The number of nitrogens with one attached hydrogen (secondary N) is 3. The minimum absolute atomic E-state index is 0.0640. The number of piperidine rings is 5. The highest BCUT2D eigenvalue weighted by Gasteiger charge is 2.49. The Bertz CT molecular complexity index is 1730. The minimum atomic E-state index is -0.148. The summed E-state index contributed by atoms with van der Waals surface area (Å²) in [5.74, 6) is 3.30. The Morgan fingerprint density at radius 3 is 0.810 bits per heavy atom. The lowest BCUT2D eigenvalue weighted by atomic mass is 9.78. The predicted molar refractivity (Wildman–Crippen MR) is 260 cm³/mol. The third-order valence-corrected chi connectivity index (χ3v) is 15.6. The van der Waals surface area contributed by atoms with E-state index in [9.17, 15) is 0 Å². The molecule has 0 atom stereocenters. The highest BCUT2D eigenvalue weighted by atomic mass is 16.6. The van der Waals surface area contributed by atoms with Crippen LogP contribution in [0.25, 0.3) is 0 Å². The zero-order valence-corrected chi connectivity index (χ0v) is 44.5. The molecule has 63 heavy (non-hydrogen) atoms. The van der Waals surface area contributed by atoms with Crippen molar-refractivity contribution in [2.24, 2.45) is 0 Å². The first-order valence-corrected chi connectivity index (χ1v) is 24.7. The van der Waals surface area contributed by atoms with Gasteiger partial charge in [-0.25, -0.2) is 0 Å². The van der Waals surface area contributed by atoms with Gasteiger partial charge in [0.15, 0.2) is 11.5 Å². The zero-order valence-electron chi connectivity index (χ0n) is 44.5. The van der Waals surface area contributed by atoms with E-state index >= 15 is 0 Å². The summed E-state index contributed by atoms with van der Waals surface area (Å²) < 4.78 is 37.8. The molecule has 10 heteroatoms. The Balaban J connectivity index is 1.60. The van der Waals surface area contributed by atoms with Gasteiger partial charge in [0.1, 0.15) is 30.5 Å². The van der Waals surface area contributed by atoms with Crippen LogP contribution in [-0.4, -0.2) is 110 Å². The number of nitrogens with zero attached hydrogens (tertiary/aromatic N) is 2. The van der Waals surface area contributed by atoms with Crippen LogP contribution < -0.4 is 39.6 Å². The van der Waals surface area contributed by atoms with Gasteiger partial charge in [-0.3, -0.25) is 9.80 Å². The topological polar surface area (TPSA) is 88.7 Å². The van der Waals surface area contributed by atoms with Crippen LogP contribution in [0, 0.1) is 0 Å². The summed E-state index contributed by atoms with van der Waals surface area (Å²) in [6.07, 6.45) is 8.04. The van der Waals surface area contributed by atoms with Crippen LogP contribution in [0.4, 0.5) is 0 Å². The molecule has 0 spiro atoms. The molecule has 6 rings (SSSR count). The molecule has 5 aliphatic rings. The monoisotopic (exact) mass is 882 g/mol. The molecule has 0 unspecified atom stereocenters. The average Bonchev–Trinajstić information content (AvgIpc) is 3.00. The van der Waals surface area contributed by atoms with Crippen molar-refractivity contribution in [1.82, 2.24) is 25.8 Å². The zero-order chi connectivity index (χ0) is 47.4. The van der Waals surface area contributed by atoms with Crippen molar-refractivity contribution in [3.63, 3.8) is 0 Å². The SMILES string of the molecule is CN1C(C)(C)CC(Oc2cc(OC3CC(C)(C)NC(C)(C)C3)c(OC3CC(C)(C)N(C)C(C)(C)C3)c(OC3CC(C)(C)NC(C)(C)C3)c2OC2CC(C)(C)NC(C)(C)C2)CC1(C)C. The number of hydrogen-bond donors (Lipinski definition) is 3. The van der Waals surface area contributed by atoms with Gasteiger partial charge < -0.3 is 39.6 Å². The summed E-state index contributed by atoms with van der Waals surface area (Å²) in [5, 5.41) is 11.7. The Hall–Kier alpha value is -1.98. The van der Waals surface area contributed by atoms with Crippen molar-refractivity contribution in [3.05, 3.63) is 6.07 Å². The van der Waals surface area contributed by atoms with E-state index in [0.29, 0.717) is 28.7 Å². The fourth-order valence-electron chi connectivity index (χ4n) is 13.6. The molecule has 0 aliphatic carbocycles. The van der Waals surface area contributed by atoms with E-state index in [1.807, 2.05) is 0 Å². The standard InChI is InChI=1S/C53H95N5O5/c1-44(2)24-34(25-45(3,4)54-44)59-39-23-40(60-37-30-50(13,14)57(21)51(15,16)31-37)41(61-35-26-46(5,6)55-47(7,8)27-35)43(63-36-28-48(9,10)56-49(11,12)29-36)42(39)62-38-32-52(17,18)58(22)53(19,20)33-38/h23,34-38,54-56H,24-33H2,1-22H3. The molecule has 5 aliphatic heterocycles. The van der Waals surface area contributed by atoms with E-state index < -0.39 is 0 Å². The highest BCUT2D eigenvalue weighted by Crippen LogP contribution is 2.56. The van der Waals surface area contributed by atoms with Crippen molar-refractivity contribution >= 4 is 0 Å². The van der Waals surface area contributed by atoms with E-state index in [4.69, 9.17) is 23.7 Å². The van der Waals surface area contributed by atoms with Gasteiger partial charge in [-0.2, -0.15) is 0 Å². The second-order valence-corrected chi connectivity index (χ2v) is 27.6. The molecule has 1 aromatic carbocycles. The Morgan fingerprint density at radius 2 is 0.540 bits per heavy atom. The normalized spacial score (nSPS) is 29.4. The van der Waals surface area contributed by atoms with Crippen LogP contribution in [0.3, 0.4) is 0 Å². The highest BCUT2D eigenvalue weighted by molar-refractivity contribution is 5.66. The summed E-state index contributed by atoms with van der Waals surface area (Å²) in [4.78, 5) is 5.03. The molecular formula is C53H95N5O5. The summed E-state index contributed by atoms with van der Waals surface area (Å²) in [7, 11) is 4.51. The molecule has 5 fully saturated rings. The van der Waals surface area contributed by atoms with Gasteiger partial charge in [0, 0.05) is 126 Å². The van der Waals surface area contributed by atoms with Gasteiger partial charge in [0.05, 0.1) is 0 Å². The van der Waals surface area contributed by atoms with Gasteiger partial charge in [-0.1, -0.05) is 0 Å². The van der Waals surface area contributed by atoms with Gasteiger partial charge in [0.25, 0.3) is 0 Å². The maximum Gasteiger partial charge on any atom is 0.211 e. The maximum absolute atomic E-state index is 7.64. The first-order chi connectivity index (χ1) is 28.3. The predicted octanol–water partition coefficient (Wildman–Crippen LogP) is 10.8. The Kier molecular flexibility index (Phi) is 13.1. The molecular weight excluding hydrogens is 787 g/mol. The van der Waals surface area contributed by atoms with E-state index in [-0.39, 0.29) is 85.9 Å². The van der Waals surface area contributed by atoms with Crippen LogP contribution >= 0.6 is 0 Å². The molecule has 10 nitrogen and oxygen atoms in total. The Labute approximate surface area is 385 Å². The smallest absolute Gasteiger partial charge is 0.211 e. The second kappa shape index (κ2) is 16.4. The summed E-state index contributed by atoms with van der Waals surface area (Å²) in [6, 6.07) is 2.14. The van der Waals surface area contributed by atoms with Crippen molar-refractivity contribution in [3.8, 4) is 28.7 Å². The minimum Gasteiger partial charge on any atom is -0.486 e. The van der Waals surface area contributed by atoms with Crippen LogP contribution in [-0.2, 0) is 0 Å². The quantitative estimate of drug-likeness (QED) is 0.211. The molecule has 0 saturated carbocycles. The van der Waals surface area contributed by atoms with E-state index in [2.05, 4.69) is 184 Å². The van der Waals surface area contributed by atoms with Gasteiger partial charge >= 0.3 is 0 Å². The summed E-state index contributed by atoms with van der Waals surface area (Å²) in [5.41, 5.74) is -1.16. The third-order valence-electron chi connectivity index (χ3n) is 15.6. The lowest BCUT2D eigenvalue weighted by molar-refractivity contribution is -0.0599. The first-order valence-electron chi connectivity index (χ1n) is 24.7. The van der Waals surface area contributed by atoms with Crippen LogP contribution in [0.2, 0.25) is 0 Å². The number of ether oxygens (including phenoxy) is 5. The first kappa shape index (κ1) is 50.4. The van der Waals surface area contributed by atoms with Crippen molar-refractivity contribution in [2.45, 2.75) is 289 Å². The van der Waals surface area contributed by atoms with Crippen molar-refractivity contribution < 1.29 is 23.7 Å².